The summed E-state index contributed by atoms with van der Waals surface area (Å²) in [6.07, 6.45) is 0. The van der Waals surface area contributed by atoms with Crippen molar-refractivity contribution in [1.29, 1.82) is 0 Å². The van der Waals surface area contributed by atoms with Crippen LogP contribution in [-0.4, -0.2) is 11.1 Å². The summed E-state index contributed by atoms with van der Waals surface area (Å²) in [5.41, 5.74) is 0. The van der Waals surface area contributed by atoms with E-state index in [-0.39, 0.29) is 0 Å². The summed E-state index contributed by atoms with van der Waals surface area (Å²) in [5.74, 6) is 0. The fraction of sp³-hybridized carbons (Fsp3) is 0.667. The zero-order chi connectivity index (χ0) is 8.27. The highest BCUT2D eigenvalue weighted by Crippen LogP contribution is 2.04. The summed E-state index contributed by atoms with van der Waals surface area (Å²) in [5, 5.41) is 0. The van der Waals surface area contributed by atoms with Crippen LogP contribution in [0.25, 0.3) is 0 Å². The fourth-order valence-electron chi connectivity index (χ4n) is 0.752. The Balaban J connectivity index is 3.27. The van der Waals surface area contributed by atoms with Crippen molar-refractivity contribution in [3.8, 4) is 0 Å². The highest BCUT2D eigenvalue weighted by Gasteiger charge is 1.94. The predicted octanol–water partition coefficient (Wildman–Crippen LogP) is 2.28. The van der Waals surface area contributed by atoms with E-state index >= 15 is 0 Å². The van der Waals surface area contributed by atoms with Gasteiger partial charge in [-0.1, -0.05) is 0 Å². The molecule has 5 heteroatoms. The van der Waals surface area contributed by atoms with E-state index < -0.39 is 0 Å². The van der Waals surface area contributed by atoms with Gasteiger partial charge >= 0.3 is 0 Å². The Morgan fingerprint density at radius 1 is 1.45 bits per heavy atom. The Morgan fingerprint density at radius 3 is 2.73 bits per heavy atom. The van der Waals surface area contributed by atoms with Gasteiger partial charge in [0, 0.05) is 13.1 Å². The van der Waals surface area contributed by atoms with Crippen LogP contribution in [0, 0.1) is 3.95 Å². The van der Waals surface area contributed by atoms with Gasteiger partial charge in [0.15, 0.2) is 8.76 Å². The van der Waals surface area contributed by atoms with Gasteiger partial charge in [-0.3, -0.25) is 9.56 Å². The van der Waals surface area contributed by atoms with Crippen molar-refractivity contribution in [1.82, 2.24) is 4.57 Å². The summed E-state index contributed by atoms with van der Waals surface area (Å²) in [4.78, 5) is 5.38. The van der Waals surface area contributed by atoms with Gasteiger partial charge in [0.05, 0.1) is 0 Å². The van der Waals surface area contributed by atoms with Crippen LogP contribution < -0.4 is 4.80 Å². The van der Waals surface area contributed by atoms with Crippen LogP contribution in [0.5, 0.6) is 0 Å². The molecule has 0 bridgehead atoms. The molecule has 0 radical (unpaired) electrons. The summed E-state index contributed by atoms with van der Waals surface area (Å²) >= 11 is 5.12. The molecule has 0 saturated carbocycles. The molecule has 0 aliphatic heterocycles. The molecule has 1 aromatic heterocycles. The third-order valence-corrected chi connectivity index (χ3v) is 4.15. The van der Waals surface area contributed by atoms with Gasteiger partial charge in [0.25, 0.3) is 0 Å². The van der Waals surface area contributed by atoms with Crippen LogP contribution in [0.4, 0.5) is 0 Å². The van der Waals surface area contributed by atoms with Crippen molar-refractivity contribution in [2.45, 2.75) is 20.4 Å². The van der Waals surface area contributed by atoms with Crippen LogP contribution in [0.3, 0.4) is 0 Å². The minimum Gasteiger partial charge on any atom is -0.299 e. The van der Waals surface area contributed by atoms with E-state index in [2.05, 4.69) is 16.5 Å². The molecule has 11 heavy (non-hydrogen) atoms. The van der Waals surface area contributed by atoms with E-state index in [4.69, 9.17) is 12.2 Å². The summed E-state index contributed by atoms with van der Waals surface area (Å²) in [6, 6.07) is 0. The second kappa shape index (κ2) is 4.13. The van der Waals surface area contributed by atoms with Crippen LogP contribution in [0.2, 0.25) is 0 Å². The molecule has 62 valence electrons. The highest BCUT2D eigenvalue weighted by molar-refractivity contribution is 7.79. The first-order valence-electron chi connectivity index (χ1n) is 3.50. The molecule has 0 saturated heterocycles. The van der Waals surface area contributed by atoms with E-state index in [1.807, 2.05) is 6.92 Å². The Kier molecular flexibility index (Phi) is 3.42. The van der Waals surface area contributed by atoms with Gasteiger partial charge in [0.1, 0.15) is 0 Å². The van der Waals surface area contributed by atoms with Gasteiger partial charge < -0.3 is 0 Å². The summed E-state index contributed by atoms with van der Waals surface area (Å²) < 4.78 is 3.00. The SMILES string of the molecule is CCN=c1ssc(=S)n1CC. The topological polar surface area (TPSA) is 17.3 Å². The Morgan fingerprint density at radius 2 is 2.18 bits per heavy atom. The monoisotopic (exact) mass is 206 g/mol. The van der Waals surface area contributed by atoms with Crippen LogP contribution in [0.15, 0.2) is 4.99 Å². The van der Waals surface area contributed by atoms with Crippen molar-refractivity contribution in [3.63, 3.8) is 0 Å². The average molecular weight is 206 g/mol. The molecule has 0 amide bonds. The second-order valence-electron chi connectivity index (χ2n) is 1.93. The Labute approximate surface area is 78.2 Å². The third-order valence-electron chi connectivity index (χ3n) is 1.25. The number of nitrogens with zero attached hydrogens (tertiary/aromatic N) is 2. The van der Waals surface area contributed by atoms with Crippen molar-refractivity contribution >= 4 is 32.9 Å². The van der Waals surface area contributed by atoms with Crippen molar-refractivity contribution in [2.75, 3.05) is 6.54 Å². The van der Waals surface area contributed by atoms with Crippen LogP contribution in [0.1, 0.15) is 13.8 Å². The second-order valence-corrected chi connectivity index (χ2v) is 4.66. The van der Waals surface area contributed by atoms with Gasteiger partial charge in [-0.15, -0.1) is 0 Å². The van der Waals surface area contributed by atoms with E-state index in [9.17, 15) is 0 Å². The van der Waals surface area contributed by atoms with E-state index in [0.717, 1.165) is 21.8 Å². The molecule has 0 aliphatic carbocycles. The molecular weight excluding hydrogens is 196 g/mol. The lowest BCUT2D eigenvalue weighted by atomic mass is 10.7. The lowest BCUT2D eigenvalue weighted by molar-refractivity contribution is 0.723. The Hall–Kier alpha value is -0.0000000000000000278. The minimum absolute atomic E-state index is 0.835. The van der Waals surface area contributed by atoms with E-state index in [0.29, 0.717) is 0 Å². The summed E-state index contributed by atoms with van der Waals surface area (Å²) in [7, 11) is 3.28. The maximum Gasteiger partial charge on any atom is 0.196 e. The Bertz CT molecular complexity index is 330. The first kappa shape index (κ1) is 9.09. The molecule has 0 unspecified atom stereocenters. The summed E-state index contributed by atoms with van der Waals surface area (Å²) in [6.45, 7) is 5.89. The quantitative estimate of drug-likeness (QED) is 0.536. The lowest BCUT2D eigenvalue weighted by Crippen LogP contribution is -2.13. The molecule has 0 aromatic carbocycles. The zero-order valence-corrected chi connectivity index (χ0v) is 8.98. The maximum atomic E-state index is 5.12. The molecule has 0 N–H and O–H groups in total. The minimum atomic E-state index is 0.835. The first-order valence-corrected chi connectivity index (χ1v) is 6.05. The maximum absolute atomic E-state index is 5.12. The fourth-order valence-corrected chi connectivity index (χ4v) is 3.47. The molecule has 1 heterocycles. The van der Waals surface area contributed by atoms with Crippen molar-refractivity contribution in [3.05, 3.63) is 8.76 Å². The highest BCUT2D eigenvalue weighted by atomic mass is 32.9. The number of aromatic nitrogens is 1. The standard InChI is InChI=1S/C6H10N2S3/c1-3-7-5-8(4-2)6(9)11-10-5/h3-4H2,1-2H3. The smallest absolute Gasteiger partial charge is 0.196 e. The van der Waals surface area contributed by atoms with Crippen molar-refractivity contribution in [2.24, 2.45) is 4.99 Å². The number of hydrogen-bond acceptors (Lipinski definition) is 4. The third kappa shape index (κ3) is 1.98. The largest absolute Gasteiger partial charge is 0.299 e. The normalized spacial score (nSPS) is 12.4. The molecule has 1 aromatic rings. The zero-order valence-electron chi connectivity index (χ0n) is 6.53. The van der Waals surface area contributed by atoms with Crippen molar-refractivity contribution < 1.29 is 0 Å². The molecule has 0 fully saturated rings. The molecule has 2 nitrogen and oxygen atoms in total. The lowest BCUT2D eigenvalue weighted by Gasteiger charge is -1.92. The van der Waals surface area contributed by atoms with Gasteiger partial charge in [-0.05, 0) is 46.7 Å². The van der Waals surface area contributed by atoms with E-state index in [1.54, 1.807) is 20.7 Å². The van der Waals surface area contributed by atoms with E-state index in [1.165, 1.54) is 0 Å². The number of rotatable bonds is 2. The van der Waals surface area contributed by atoms with Gasteiger partial charge in [-0.25, -0.2) is 0 Å². The predicted molar refractivity (Wildman–Crippen MR) is 52.8 cm³/mol. The van der Waals surface area contributed by atoms with Gasteiger partial charge in [0.2, 0.25) is 0 Å². The molecular formula is C6H10N2S3. The van der Waals surface area contributed by atoms with Crippen LogP contribution >= 0.6 is 32.9 Å². The average Bonchev–Trinajstić information content (AvgIpc) is 2.33. The molecule has 0 spiro atoms. The molecule has 1 rings (SSSR count). The number of hydrogen-bond donors (Lipinski definition) is 0. The van der Waals surface area contributed by atoms with Crippen LogP contribution in [-0.2, 0) is 6.54 Å². The van der Waals surface area contributed by atoms with Gasteiger partial charge in [-0.2, -0.15) is 0 Å². The molecule has 0 aliphatic rings. The molecule has 0 atom stereocenters. The first-order chi connectivity index (χ1) is 5.29.